The molecule has 0 saturated carbocycles. The van der Waals surface area contributed by atoms with E-state index in [0.717, 1.165) is 25.9 Å². The molecule has 21 heavy (non-hydrogen) atoms. The van der Waals surface area contributed by atoms with E-state index in [1.807, 2.05) is 0 Å². The Morgan fingerprint density at radius 1 is 1.33 bits per heavy atom. The van der Waals surface area contributed by atoms with E-state index in [1.54, 1.807) is 0 Å². The molecular formula is C15H19N3O3. The second kappa shape index (κ2) is 5.81. The molecule has 0 radical (unpaired) electrons. The number of carboxylic acid groups (broad SMARTS) is 1. The molecule has 2 fully saturated rings. The summed E-state index contributed by atoms with van der Waals surface area (Å²) in [5.74, 6) is -1.51. The van der Waals surface area contributed by atoms with E-state index < -0.39 is 5.97 Å². The van der Waals surface area contributed by atoms with Crippen molar-refractivity contribution in [3.05, 3.63) is 29.6 Å². The lowest BCUT2D eigenvalue weighted by atomic mass is 9.97. The first kappa shape index (κ1) is 14.0. The zero-order chi connectivity index (χ0) is 14.8. The number of nitrogens with zero attached hydrogens (tertiary/aromatic N) is 2. The van der Waals surface area contributed by atoms with Crippen molar-refractivity contribution in [2.45, 2.75) is 37.8 Å². The molecule has 0 spiro atoms. The van der Waals surface area contributed by atoms with Gasteiger partial charge >= 0.3 is 5.97 Å². The summed E-state index contributed by atoms with van der Waals surface area (Å²) in [6.45, 7) is 2.17. The Morgan fingerprint density at radius 2 is 2.19 bits per heavy atom. The summed E-state index contributed by atoms with van der Waals surface area (Å²) < 4.78 is 0. The van der Waals surface area contributed by atoms with Crippen LogP contribution in [0.4, 0.5) is 0 Å². The first-order valence-electron chi connectivity index (χ1n) is 7.38. The molecule has 0 aromatic carbocycles. The number of aromatic nitrogens is 1. The second-order valence-corrected chi connectivity index (χ2v) is 5.73. The number of nitrogens with one attached hydrogen (secondary N) is 1. The van der Waals surface area contributed by atoms with Crippen LogP contribution in [0.25, 0.3) is 0 Å². The van der Waals surface area contributed by atoms with Gasteiger partial charge in [-0.05, 0) is 44.4 Å². The zero-order valence-corrected chi connectivity index (χ0v) is 11.8. The molecule has 3 heterocycles. The Hall–Kier alpha value is -1.95. The maximum absolute atomic E-state index is 12.3. The van der Waals surface area contributed by atoms with E-state index in [0.29, 0.717) is 6.04 Å². The summed E-state index contributed by atoms with van der Waals surface area (Å²) in [4.78, 5) is 29.8. The van der Waals surface area contributed by atoms with E-state index >= 15 is 0 Å². The lowest BCUT2D eigenvalue weighted by Crippen LogP contribution is -2.47. The van der Waals surface area contributed by atoms with Crippen molar-refractivity contribution >= 4 is 11.9 Å². The molecule has 2 N–H and O–H groups in total. The van der Waals surface area contributed by atoms with Gasteiger partial charge in [-0.1, -0.05) is 0 Å². The molecule has 1 amide bonds. The molecule has 2 aliphatic heterocycles. The van der Waals surface area contributed by atoms with Gasteiger partial charge in [-0.2, -0.15) is 0 Å². The van der Waals surface area contributed by atoms with Gasteiger partial charge in [0.1, 0.15) is 5.69 Å². The minimum atomic E-state index is -1.13. The van der Waals surface area contributed by atoms with Gasteiger partial charge in [0.05, 0.1) is 5.56 Å². The van der Waals surface area contributed by atoms with Gasteiger partial charge in [0.2, 0.25) is 0 Å². The van der Waals surface area contributed by atoms with Crippen molar-refractivity contribution < 1.29 is 14.7 Å². The van der Waals surface area contributed by atoms with E-state index in [4.69, 9.17) is 5.11 Å². The third kappa shape index (κ3) is 2.90. The third-order valence-electron chi connectivity index (χ3n) is 4.41. The molecule has 2 saturated heterocycles. The summed E-state index contributed by atoms with van der Waals surface area (Å²) in [6, 6.07) is 3.60. The van der Waals surface area contributed by atoms with Crippen molar-refractivity contribution in [1.29, 1.82) is 0 Å². The molecule has 0 aliphatic carbocycles. The molecule has 1 aromatic rings. The Labute approximate surface area is 123 Å². The quantitative estimate of drug-likeness (QED) is 0.872. The number of carboxylic acids is 1. The summed E-state index contributed by atoms with van der Waals surface area (Å²) in [7, 11) is 0. The Bertz CT molecular complexity index is 561. The number of pyridine rings is 1. The van der Waals surface area contributed by atoms with E-state index in [1.165, 1.54) is 31.2 Å². The van der Waals surface area contributed by atoms with Crippen LogP contribution in [0, 0.1) is 0 Å². The number of piperidine rings is 1. The highest BCUT2D eigenvalue weighted by molar-refractivity contribution is 6.03. The Kier molecular flexibility index (Phi) is 3.88. The standard InChI is InChI=1S/C15H19N3O3/c19-14(13-12(15(20)21)4-1-6-16-13)17-10-5-8-18-7-2-3-11(18)9-10/h1,4,6,10-11H,2-3,5,7-9H2,(H,17,19)(H,20,21). The summed E-state index contributed by atoms with van der Waals surface area (Å²) in [6.07, 6.45) is 5.73. The predicted molar refractivity (Wildman–Crippen MR) is 76.3 cm³/mol. The molecule has 112 valence electrons. The highest BCUT2D eigenvalue weighted by Gasteiger charge is 2.32. The first-order valence-corrected chi connectivity index (χ1v) is 7.38. The maximum Gasteiger partial charge on any atom is 0.338 e. The molecule has 1 aromatic heterocycles. The number of rotatable bonds is 3. The molecule has 6 heteroatoms. The van der Waals surface area contributed by atoms with E-state index in [9.17, 15) is 9.59 Å². The number of aromatic carboxylic acids is 1. The van der Waals surface area contributed by atoms with Crippen LogP contribution in [0.5, 0.6) is 0 Å². The van der Waals surface area contributed by atoms with Crippen molar-refractivity contribution in [2.75, 3.05) is 13.1 Å². The van der Waals surface area contributed by atoms with Gasteiger partial charge < -0.3 is 15.3 Å². The van der Waals surface area contributed by atoms with Gasteiger partial charge in [-0.15, -0.1) is 0 Å². The highest BCUT2D eigenvalue weighted by atomic mass is 16.4. The first-order chi connectivity index (χ1) is 10.1. The second-order valence-electron chi connectivity index (χ2n) is 5.73. The Morgan fingerprint density at radius 3 is 3.00 bits per heavy atom. The number of carbonyl (C=O) groups is 2. The number of hydrogen-bond acceptors (Lipinski definition) is 4. The largest absolute Gasteiger partial charge is 0.478 e. The molecule has 6 nitrogen and oxygen atoms in total. The monoisotopic (exact) mass is 289 g/mol. The molecule has 3 rings (SSSR count). The average Bonchev–Trinajstić information content (AvgIpc) is 2.94. The minimum absolute atomic E-state index is 0.00106. The smallest absolute Gasteiger partial charge is 0.338 e. The van der Waals surface area contributed by atoms with Gasteiger partial charge in [0.25, 0.3) is 5.91 Å². The fourth-order valence-corrected chi connectivity index (χ4v) is 3.37. The Balaban J connectivity index is 1.68. The van der Waals surface area contributed by atoms with Gasteiger partial charge in [-0.25, -0.2) is 4.79 Å². The van der Waals surface area contributed by atoms with Crippen LogP contribution in [0.15, 0.2) is 18.3 Å². The van der Waals surface area contributed by atoms with Crippen LogP contribution in [0.2, 0.25) is 0 Å². The number of fused-ring (bicyclic) bond motifs is 1. The summed E-state index contributed by atoms with van der Waals surface area (Å²) in [5.41, 5.74) is -0.0489. The third-order valence-corrected chi connectivity index (χ3v) is 4.41. The van der Waals surface area contributed by atoms with Gasteiger partial charge in [0, 0.05) is 24.8 Å². The van der Waals surface area contributed by atoms with Crippen LogP contribution < -0.4 is 5.32 Å². The lowest BCUT2D eigenvalue weighted by molar-refractivity contribution is 0.0688. The molecular weight excluding hydrogens is 270 g/mol. The number of amides is 1. The fourth-order valence-electron chi connectivity index (χ4n) is 3.37. The summed E-state index contributed by atoms with van der Waals surface area (Å²) >= 11 is 0. The van der Waals surface area contributed by atoms with E-state index in [-0.39, 0.29) is 23.2 Å². The van der Waals surface area contributed by atoms with Crippen LogP contribution in [0.1, 0.15) is 46.5 Å². The average molecular weight is 289 g/mol. The van der Waals surface area contributed by atoms with Crippen molar-refractivity contribution in [1.82, 2.24) is 15.2 Å². The molecule has 2 aliphatic rings. The topological polar surface area (TPSA) is 82.5 Å². The van der Waals surface area contributed by atoms with Crippen molar-refractivity contribution in [3.8, 4) is 0 Å². The van der Waals surface area contributed by atoms with Crippen LogP contribution in [-0.4, -0.2) is 52.0 Å². The van der Waals surface area contributed by atoms with E-state index in [2.05, 4.69) is 15.2 Å². The zero-order valence-electron chi connectivity index (χ0n) is 11.8. The number of hydrogen-bond donors (Lipinski definition) is 2. The SMILES string of the molecule is O=C(O)c1cccnc1C(=O)NC1CCN2CCCC2C1. The maximum atomic E-state index is 12.3. The van der Waals surface area contributed by atoms with Crippen molar-refractivity contribution in [2.24, 2.45) is 0 Å². The van der Waals surface area contributed by atoms with Gasteiger partial charge in [0.15, 0.2) is 0 Å². The lowest BCUT2D eigenvalue weighted by Gasteiger charge is -2.35. The molecule has 0 bridgehead atoms. The fraction of sp³-hybridized carbons (Fsp3) is 0.533. The van der Waals surface area contributed by atoms with Crippen molar-refractivity contribution in [3.63, 3.8) is 0 Å². The molecule has 2 unspecified atom stereocenters. The van der Waals surface area contributed by atoms with Crippen LogP contribution in [-0.2, 0) is 0 Å². The normalized spacial score (nSPS) is 25.3. The number of carbonyl (C=O) groups excluding carboxylic acids is 1. The van der Waals surface area contributed by atoms with Gasteiger partial charge in [-0.3, -0.25) is 9.78 Å². The molecule has 2 atom stereocenters. The van der Waals surface area contributed by atoms with Crippen LogP contribution in [0.3, 0.4) is 0 Å². The predicted octanol–water partition coefficient (Wildman–Crippen LogP) is 1.14. The van der Waals surface area contributed by atoms with Crippen LogP contribution >= 0.6 is 0 Å². The minimum Gasteiger partial charge on any atom is -0.478 e. The highest BCUT2D eigenvalue weighted by Crippen LogP contribution is 2.27. The summed E-state index contributed by atoms with van der Waals surface area (Å²) in [5, 5.41) is 12.1.